The molecule has 1 heterocycles. The summed E-state index contributed by atoms with van der Waals surface area (Å²) in [5.41, 5.74) is 0.396. The molecule has 1 aliphatic carbocycles. The van der Waals surface area contributed by atoms with Gasteiger partial charge in [0.25, 0.3) is 0 Å². The first kappa shape index (κ1) is 10.7. The molecule has 15 heavy (non-hydrogen) atoms. The highest BCUT2D eigenvalue weighted by atomic mass is 35.5. The lowest BCUT2D eigenvalue weighted by atomic mass is 10.0. The first-order chi connectivity index (χ1) is 7.15. The first-order valence-electron chi connectivity index (χ1n) is 4.54. The highest BCUT2D eigenvalue weighted by Crippen LogP contribution is 2.44. The molecule has 1 aliphatic rings. The van der Waals surface area contributed by atoms with E-state index in [1.807, 2.05) is 0 Å². The van der Waals surface area contributed by atoms with E-state index in [1.165, 1.54) is 0 Å². The zero-order valence-electron chi connectivity index (χ0n) is 7.67. The molecule has 2 rings (SSSR count). The van der Waals surface area contributed by atoms with Crippen molar-refractivity contribution in [1.82, 2.24) is 4.98 Å². The molecule has 0 N–H and O–H groups in total. The zero-order valence-corrected chi connectivity index (χ0v) is 9.19. The topological polar surface area (TPSA) is 36.7 Å². The molecule has 5 heteroatoms. The summed E-state index contributed by atoms with van der Waals surface area (Å²) in [4.78, 5) is 3.86. The van der Waals surface area contributed by atoms with Crippen LogP contribution < -0.4 is 0 Å². The monoisotopic (exact) mass is 244 g/mol. The Bertz CT molecular complexity index is 438. The van der Waals surface area contributed by atoms with Gasteiger partial charge in [0, 0.05) is 0 Å². The third-order valence-corrected chi connectivity index (χ3v) is 3.32. The van der Waals surface area contributed by atoms with Crippen LogP contribution in [0.2, 0.25) is 10.0 Å². The molecule has 0 radical (unpaired) electrons. The van der Waals surface area contributed by atoms with Crippen LogP contribution in [-0.2, 0) is 0 Å². The molecule has 78 valence electrons. The van der Waals surface area contributed by atoms with Crippen molar-refractivity contribution < 1.29 is 4.39 Å². The summed E-state index contributed by atoms with van der Waals surface area (Å²) in [6, 6.07) is 2.14. The highest BCUT2D eigenvalue weighted by molar-refractivity contribution is 6.42. The Morgan fingerprint density at radius 3 is 2.67 bits per heavy atom. The standard InChI is InChI=1S/C10H7Cl2FN2/c11-8-7(13)4-15-10(9(8)12)6(3-14)5-1-2-5/h4-6H,1-2H2. The normalized spacial score (nSPS) is 17.2. The number of nitriles is 1. The zero-order chi connectivity index (χ0) is 11.0. The maximum absolute atomic E-state index is 13.0. The third kappa shape index (κ3) is 1.92. The van der Waals surface area contributed by atoms with Gasteiger partial charge in [-0.05, 0) is 18.8 Å². The van der Waals surface area contributed by atoms with Crippen molar-refractivity contribution in [2.75, 3.05) is 0 Å². The van der Waals surface area contributed by atoms with E-state index in [-0.39, 0.29) is 16.0 Å². The van der Waals surface area contributed by atoms with Crippen molar-refractivity contribution in [3.8, 4) is 6.07 Å². The number of nitrogens with zero attached hydrogens (tertiary/aromatic N) is 2. The number of rotatable bonds is 2. The third-order valence-electron chi connectivity index (χ3n) is 2.47. The molecule has 0 aromatic carbocycles. The molecule has 0 aliphatic heterocycles. The van der Waals surface area contributed by atoms with Gasteiger partial charge in [0.2, 0.25) is 0 Å². The molecule has 0 bridgehead atoms. The maximum Gasteiger partial charge on any atom is 0.161 e. The quantitative estimate of drug-likeness (QED) is 0.798. The molecule has 0 saturated heterocycles. The number of aromatic nitrogens is 1. The van der Waals surface area contributed by atoms with Crippen LogP contribution in [0.3, 0.4) is 0 Å². The van der Waals surface area contributed by atoms with E-state index in [9.17, 15) is 4.39 Å². The van der Waals surface area contributed by atoms with Crippen LogP contribution in [0.5, 0.6) is 0 Å². The minimum Gasteiger partial charge on any atom is -0.255 e. The predicted octanol–water partition coefficient (Wildman–Crippen LogP) is 3.54. The van der Waals surface area contributed by atoms with E-state index in [2.05, 4.69) is 11.1 Å². The summed E-state index contributed by atoms with van der Waals surface area (Å²) in [5, 5.41) is 8.90. The van der Waals surface area contributed by atoms with Crippen LogP contribution in [0.15, 0.2) is 6.20 Å². The maximum atomic E-state index is 13.0. The molecular formula is C10H7Cl2FN2. The summed E-state index contributed by atoms with van der Waals surface area (Å²) in [7, 11) is 0. The Labute approximate surface area is 96.6 Å². The smallest absolute Gasteiger partial charge is 0.161 e. The fourth-order valence-corrected chi connectivity index (χ4v) is 1.90. The summed E-state index contributed by atoms with van der Waals surface area (Å²) in [6.07, 6.45) is 2.99. The number of halogens is 3. The molecular weight excluding hydrogens is 238 g/mol. The van der Waals surface area contributed by atoms with Crippen molar-refractivity contribution >= 4 is 23.2 Å². The Morgan fingerprint density at radius 1 is 1.47 bits per heavy atom. The molecule has 2 nitrogen and oxygen atoms in total. The Balaban J connectivity index is 2.44. The second kappa shape index (κ2) is 3.96. The molecule has 1 unspecified atom stereocenters. The van der Waals surface area contributed by atoms with E-state index in [4.69, 9.17) is 28.5 Å². The SMILES string of the molecule is N#CC(c1ncc(F)c(Cl)c1Cl)C1CC1. The Hall–Kier alpha value is -0.850. The van der Waals surface area contributed by atoms with Crippen LogP contribution in [0.4, 0.5) is 4.39 Å². The van der Waals surface area contributed by atoms with Gasteiger partial charge in [0.1, 0.15) is 0 Å². The largest absolute Gasteiger partial charge is 0.255 e. The summed E-state index contributed by atoms with van der Waals surface area (Å²) in [6.45, 7) is 0. The van der Waals surface area contributed by atoms with Crippen LogP contribution in [-0.4, -0.2) is 4.98 Å². The second-order valence-electron chi connectivity index (χ2n) is 3.56. The molecule has 1 atom stereocenters. The molecule has 0 amide bonds. The molecule has 1 aromatic rings. The Morgan fingerprint density at radius 2 is 2.13 bits per heavy atom. The van der Waals surface area contributed by atoms with Gasteiger partial charge in [0.15, 0.2) is 5.82 Å². The lowest BCUT2D eigenvalue weighted by Gasteiger charge is -2.09. The van der Waals surface area contributed by atoms with Gasteiger partial charge in [-0.15, -0.1) is 0 Å². The first-order valence-corrected chi connectivity index (χ1v) is 5.29. The van der Waals surface area contributed by atoms with E-state index < -0.39 is 5.82 Å². The van der Waals surface area contributed by atoms with Gasteiger partial charge in [-0.25, -0.2) is 4.39 Å². The van der Waals surface area contributed by atoms with E-state index in [0.29, 0.717) is 11.6 Å². The minimum absolute atomic E-state index is 0.0649. The summed E-state index contributed by atoms with van der Waals surface area (Å²) in [5.74, 6) is -0.727. The molecule has 1 aromatic heterocycles. The van der Waals surface area contributed by atoms with Gasteiger partial charge >= 0.3 is 0 Å². The molecule has 1 fully saturated rings. The lowest BCUT2D eigenvalue weighted by molar-refractivity contribution is 0.615. The average molecular weight is 245 g/mol. The number of pyridine rings is 1. The summed E-state index contributed by atoms with van der Waals surface area (Å²) < 4.78 is 13.0. The van der Waals surface area contributed by atoms with Crippen LogP contribution in [0, 0.1) is 23.1 Å². The summed E-state index contributed by atoms with van der Waals surface area (Å²) >= 11 is 11.5. The van der Waals surface area contributed by atoms with Gasteiger partial charge in [-0.3, -0.25) is 4.98 Å². The molecule has 1 saturated carbocycles. The number of hydrogen-bond acceptors (Lipinski definition) is 2. The fourth-order valence-electron chi connectivity index (χ4n) is 1.49. The van der Waals surface area contributed by atoms with Gasteiger partial charge in [0.05, 0.1) is 33.9 Å². The van der Waals surface area contributed by atoms with E-state index >= 15 is 0 Å². The lowest BCUT2D eigenvalue weighted by Crippen LogP contribution is -2.03. The number of hydrogen-bond donors (Lipinski definition) is 0. The fraction of sp³-hybridized carbons (Fsp3) is 0.400. The van der Waals surface area contributed by atoms with Crippen LogP contribution >= 0.6 is 23.2 Å². The molecule has 0 spiro atoms. The Kier molecular flexibility index (Phi) is 2.81. The van der Waals surface area contributed by atoms with Crippen molar-refractivity contribution in [2.24, 2.45) is 5.92 Å². The van der Waals surface area contributed by atoms with E-state index in [1.54, 1.807) is 0 Å². The average Bonchev–Trinajstić information content (AvgIpc) is 3.03. The predicted molar refractivity (Wildman–Crippen MR) is 55.3 cm³/mol. The highest BCUT2D eigenvalue weighted by Gasteiger charge is 2.35. The van der Waals surface area contributed by atoms with Crippen molar-refractivity contribution in [3.05, 3.63) is 27.8 Å². The van der Waals surface area contributed by atoms with Gasteiger partial charge in [-0.1, -0.05) is 23.2 Å². The van der Waals surface area contributed by atoms with Crippen LogP contribution in [0.25, 0.3) is 0 Å². The van der Waals surface area contributed by atoms with Gasteiger partial charge in [-0.2, -0.15) is 5.26 Å². The van der Waals surface area contributed by atoms with Crippen molar-refractivity contribution in [3.63, 3.8) is 0 Å². The second-order valence-corrected chi connectivity index (χ2v) is 4.32. The van der Waals surface area contributed by atoms with Crippen molar-refractivity contribution in [1.29, 1.82) is 5.26 Å². The van der Waals surface area contributed by atoms with E-state index in [0.717, 1.165) is 19.0 Å². The minimum atomic E-state index is -0.655. The van der Waals surface area contributed by atoms with Crippen LogP contribution in [0.1, 0.15) is 24.5 Å². The van der Waals surface area contributed by atoms with Gasteiger partial charge < -0.3 is 0 Å². The van der Waals surface area contributed by atoms with Crippen molar-refractivity contribution in [2.45, 2.75) is 18.8 Å².